The van der Waals surface area contributed by atoms with Gasteiger partial charge >= 0.3 is 0 Å². The summed E-state index contributed by atoms with van der Waals surface area (Å²) in [4.78, 5) is 7.09. The Bertz CT molecular complexity index is 537. The third kappa shape index (κ3) is 10.0. The van der Waals surface area contributed by atoms with Crippen molar-refractivity contribution in [3.05, 3.63) is 23.8 Å². The SMILES string of the molecule is CCNC(=NCCCN(CC)CC)NCCc1ccc(OC)c(OC)c1.I. The van der Waals surface area contributed by atoms with Gasteiger partial charge in [0.15, 0.2) is 17.5 Å². The van der Waals surface area contributed by atoms with Crippen LogP contribution in [0.25, 0.3) is 0 Å². The summed E-state index contributed by atoms with van der Waals surface area (Å²) in [6, 6.07) is 6.03. The summed E-state index contributed by atoms with van der Waals surface area (Å²) in [6.07, 6.45) is 1.97. The minimum absolute atomic E-state index is 0. The van der Waals surface area contributed by atoms with Gasteiger partial charge in [-0.25, -0.2) is 0 Å². The molecule has 1 rings (SSSR count). The van der Waals surface area contributed by atoms with Gasteiger partial charge in [-0.15, -0.1) is 24.0 Å². The quantitative estimate of drug-likeness (QED) is 0.203. The predicted molar refractivity (Wildman–Crippen MR) is 125 cm³/mol. The first kappa shape index (κ1) is 25.8. The largest absolute Gasteiger partial charge is 0.493 e. The van der Waals surface area contributed by atoms with Crippen molar-refractivity contribution in [3.8, 4) is 11.5 Å². The molecule has 0 amide bonds. The van der Waals surface area contributed by atoms with E-state index >= 15 is 0 Å². The summed E-state index contributed by atoms with van der Waals surface area (Å²) < 4.78 is 10.6. The average Bonchev–Trinajstić information content (AvgIpc) is 2.67. The molecule has 0 aliphatic rings. The minimum Gasteiger partial charge on any atom is -0.493 e. The van der Waals surface area contributed by atoms with E-state index < -0.39 is 0 Å². The van der Waals surface area contributed by atoms with Crippen LogP contribution >= 0.6 is 24.0 Å². The molecule has 0 saturated carbocycles. The van der Waals surface area contributed by atoms with Crippen LogP contribution in [-0.4, -0.2) is 64.3 Å². The second-order valence-corrected chi connectivity index (χ2v) is 6.01. The molecule has 0 aliphatic carbocycles. The van der Waals surface area contributed by atoms with Gasteiger partial charge in [-0.2, -0.15) is 0 Å². The molecule has 1 aromatic carbocycles. The number of benzene rings is 1. The molecule has 6 nitrogen and oxygen atoms in total. The standard InChI is InChI=1S/C20H36N4O2.HI/c1-6-21-20(22-13-9-15-24(7-2)8-3)23-14-12-17-10-11-18(25-4)19(16-17)26-5;/h10-11,16H,6-9,12-15H2,1-5H3,(H2,21,22,23);1H. The number of nitrogens with one attached hydrogen (secondary N) is 2. The lowest BCUT2D eigenvalue weighted by molar-refractivity contribution is 0.302. The maximum Gasteiger partial charge on any atom is 0.191 e. The number of guanidine groups is 1. The van der Waals surface area contributed by atoms with Crippen molar-refractivity contribution in [2.24, 2.45) is 4.99 Å². The van der Waals surface area contributed by atoms with Gasteiger partial charge in [0.1, 0.15) is 0 Å². The van der Waals surface area contributed by atoms with E-state index in [2.05, 4.69) is 47.4 Å². The minimum atomic E-state index is 0. The molecule has 7 heteroatoms. The van der Waals surface area contributed by atoms with Crippen molar-refractivity contribution < 1.29 is 9.47 Å². The van der Waals surface area contributed by atoms with E-state index in [4.69, 9.17) is 9.47 Å². The fraction of sp³-hybridized carbons (Fsp3) is 0.650. The zero-order valence-electron chi connectivity index (χ0n) is 17.5. The lowest BCUT2D eigenvalue weighted by Crippen LogP contribution is -2.38. The topological polar surface area (TPSA) is 58.1 Å². The highest BCUT2D eigenvalue weighted by Crippen LogP contribution is 2.27. The van der Waals surface area contributed by atoms with Crippen LogP contribution in [0.15, 0.2) is 23.2 Å². The first-order chi connectivity index (χ1) is 12.7. The summed E-state index contributed by atoms with van der Waals surface area (Å²) in [5, 5.41) is 6.71. The predicted octanol–water partition coefficient (Wildman–Crippen LogP) is 3.15. The molecule has 156 valence electrons. The van der Waals surface area contributed by atoms with Crippen molar-refractivity contribution in [3.63, 3.8) is 0 Å². The second kappa shape index (κ2) is 15.8. The van der Waals surface area contributed by atoms with Crippen molar-refractivity contribution in [2.45, 2.75) is 33.6 Å². The van der Waals surface area contributed by atoms with Gasteiger partial charge in [-0.1, -0.05) is 19.9 Å². The van der Waals surface area contributed by atoms with Gasteiger partial charge in [0, 0.05) is 19.6 Å². The van der Waals surface area contributed by atoms with Gasteiger partial charge < -0.3 is 25.0 Å². The molecular formula is C20H37IN4O2. The number of hydrogen-bond acceptors (Lipinski definition) is 4. The van der Waals surface area contributed by atoms with Crippen molar-refractivity contribution >= 4 is 29.9 Å². The van der Waals surface area contributed by atoms with E-state index in [-0.39, 0.29) is 24.0 Å². The van der Waals surface area contributed by atoms with Gasteiger partial charge in [0.25, 0.3) is 0 Å². The molecular weight excluding hydrogens is 455 g/mol. The van der Waals surface area contributed by atoms with Crippen LogP contribution in [0.4, 0.5) is 0 Å². The van der Waals surface area contributed by atoms with Crippen LogP contribution in [0, 0.1) is 0 Å². The van der Waals surface area contributed by atoms with Crippen LogP contribution in [0.5, 0.6) is 11.5 Å². The van der Waals surface area contributed by atoms with Crippen LogP contribution in [0.2, 0.25) is 0 Å². The van der Waals surface area contributed by atoms with E-state index in [0.717, 1.165) is 69.6 Å². The smallest absolute Gasteiger partial charge is 0.191 e. The molecule has 0 radical (unpaired) electrons. The van der Waals surface area contributed by atoms with Crippen LogP contribution < -0.4 is 20.1 Å². The van der Waals surface area contributed by atoms with E-state index in [1.165, 1.54) is 5.56 Å². The van der Waals surface area contributed by atoms with Gasteiger partial charge in [0.2, 0.25) is 0 Å². The maximum atomic E-state index is 5.36. The molecule has 0 bridgehead atoms. The molecule has 0 aliphatic heterocycles. The molecule has 0 atom stereocenters. The molecule has 27 heavy (non-hydrogen) atoms. The Morgan fingerprint density at radius 1 is 1.04 bits per heavy atom. The summed E-state index contributed by atoms with van der Waals surface area (Å²) in [6.45, 7) is 12.3. The fourth-order valence-electron chi connectivity index (χ4n) is 2.73. The Morgan fingerprint density at radius 3 is 2.33 bits per heavy atom. The Morgan fingerprint density at radius 2 is 1.74 bits per heavy atom. The second-order valence-electron chi connectivity index (χ2n) is 6.01. The van der Waals surface area contributed by atoms with Gasteiger partial charge in [0.05, 0.1) is 14.2 Å². The first-order valence-corrected chi connectivity index (χ1v) is 9.63. The molecule has 2 N–H and O–H groups in total. The highest BCUT2D eigenvalue weighted by atomic mass is 127. The summed E-state index contributed by atoms with van der Waals surface area (Å²) in [5.74, 6) is 2.40. The number of rotatable bonds is 12. The monoisotopic (exact) mass is 492 g/mol. The molecule has 0 spiro atoms. The Labute approximate surface area is 182 Å². The number of halogens is 1. The Balaban J connectivity index is 0.00000676. The van der Waals surface area contributed by atoms with E-state index in [9.17, 15) is 0 Å². The van der Waals surface area contributed by atoms with Crippen molar-refractivity contribution in [1.29, 1.82) is 0 Å². The molecule has 0 heterocycles. The number of hydrogen-bond donors (Lipinski definition) is 2. The highest BCUT2D eigenvalue weighted by Gasteiger charge is 2.05. The summed E-state index contributed by atoms with van der Waals surface area (Å²) >= 11 is 0. The number of aliphatic imine (C=N–C) groups is 1. The molecule has 1 aromatic rings. The lowest BCUT2D eigenvalue weighted by atomic mass is 10.1. The van der Waals surface area contributed by atoms with Gasteiger partial charge in [-0.05, 0) is 57.1 Å². The number of nitrogens with zero attached hydrogens (tertiary/aromatic N) is 2. The third-order valence-corrected chi connectivity index (χ3v) is 4.30. The fourth-order valence-corrected chi connectivity index (χ4v) is 2.73. The zero-order chi connectivity index (χ0) is 19.2. The molecule has 0 saturated heterocycles. The van der Waals surface area contributed by atoms with Crippen molar-refractivity contribution in [2.75, 3.05) is 53.5 Å². The molecule has 0 aromatic heterocycles. The van der Waals surface area contributed by atoms with Crippen LogP contribution in [0.3, 0.4) is 0 Å². The van der Waals surface area contributed by atoms with E-state index in [1.807, 2.05) is 12.1 Å². The molecule has 0 unspecified atom stereocenters. The average molecular weight is 492 g/mol. The van der Waals surface area contributed by atoms with Crippen LogP contribution in [-0.2, 0) is 6.42 Å². The van der Waals surface area contributed by atoms with Crippen molar-refractivity contribution in [1.82, 2.24) is 15.5 Å². The van der Waals surface area contributed by atoms with E-state index in [1.54, 1.807) is 14.2 Å². The zero-order valence-corrected chi connectivity index (χ0v) is 19.8. The Hall–Kier alpha value is -1.22. The van der Waals surface area contributed by atoms with Gasteiger partial charge in [-0.3, -0.25) is 4.99 Å². The number of ether oxygens (including phenoxy) is 2. The maximum absolute atomic E-state index is 5.36. The highest BCUT2D eigenvalue weighted by molar-refractivity contribution is 14.0. The lowest BCUT2D eigenvalue weighted by Gasteiger charge is -2.17. The third-order valence-electron chi connectivity index (χ3n) is 4.30. The normalized spacial score (nSPS) is 11.1. The summed E-state index contributed by atoms with van der Waals surface area (Å²) in [7, 11) is 3.31. The van der Waals surface area contributed by atoms with E-state index in [0.29, 0.717) is 0 Å². The summed E-state index contributed by atoms with van der Waals surface area (Å²) in [5.41, 5.74) is 1.20. The number of methoxy groups -OCH3 is 2. The molecule has 0 fully saturated rings. The Kier molecular flexibility index (Phi) is 15.1. The van der Waals surface area contributed by atoms with Crippen LogP contribution in [0.1, 0.15) is 32.8 Å². The first-order valence-electron chi connectivity index (χ1n) is 9.63.